The maximum atomic E-state index is 5.38. The number of rotatable bonds is 3. The summed E-state index contributed by atoms with van der Waals surface area (Å²) < 4.78 is 0. The summed E-state index contributed by atoms with van der Waals surface area (Å²) in [5.41, 5.74) is 5.38. The molecule has 0 aromatic carbocycles. The largest absolute Gasteiger partial charge is 0.330 e. The highest BCUT2D eigenvalue weighted by Gasteiger charge is 2.08. The third kappa shape index (κ3) is 1.72. The fourth-order valence-electron chi connectivity index (χ4n) is 1.04. The minimum atomic E-state index is 0.776. The minimum Gasteiger partial charge on any atom is -0.330 e. The molecular formula is C7H15N3. The van der Waals surface area contributed by atoms with E-state index in [1.54, 1.807) is 0 Å². The fraction of sp³-hybridized carbons (Fsp3) is 0.714. The van der Waals surface area contributed by atoms with Crippen molar-refractivity contribution in [1.82, 2.24) is 10.0 Å². The van der Waals surface area contributed by atoms with Crippen molar-refractivity contribution in [2.75, 3.05) is 26.7 Å². The van der Waals surface area contributed by atoms with Gasteiger partial charge in [0.1, 0.15) is 0 Å². The summed E-state index contributed by atoms with van der Waals surface area (Å²) in [5.74, 6) is 0. The second-order valence-corrected chi connectivity index (χ2v) is 2.53. The Morgan fingerprint density at radius 3 is 2.90 bits per heavy atom. The molecule has 10 heavy (non-hydrogen) atoms. The smallest absolute Gasteiger partial charge is 0.0375 e. The molecule has 0 aromatic rings. The summed E-state index contributed by atoms with van der Waals surface area (Å²) in [5, 5.41) is 4.36. The van der Waals surface area contributed by atoms with Crippen molar-refractivity contribution in [3.63, 3.8) is 0 Å². The van der Waals surface area contributed by atoms with Crippen LogP contribution < -0.4 is 5.73 Å². The lowest BCUT2D eigenvalue weighted by molar-refractivity contribution is 0.0836. The van der Waals surface area contributed by atoms with E-state index in [-0.39, 0.29) is 0 Å². The van der Waals surface area contributed by atoms with Crippen LogP contribution in [0.5, 0.6) is 0 Å². The molecule has 3 heteroatoms. The number of nitrogens with zero attached hydrogens (tertiary/aromatic N) is 2. The van der Waals surface area contributed by atoms with E-state index in [9.17, 15) is 0 Å². The summed E-state index contributed by atoms with van der Waals surface area (Å²) in [6.07, 6.45) is 5.32. The molecule has 0 unspecified atom stereocenters. The lowest BCUT2D eigenvalue weighted by atomic mass is 10.4. The predicted molar refractivity (Wildman–Crippen MR) is 42.1 cm³/mol. The Hall–Kier alpha value is -0.540. The maximum Gasteiger partial charge on any atom is 0.0375 e. The zero-order chi connectivity index (χ0) is 7.40. The molecule has 0 aromatic heterocycles. The van der Waals surface area contributed by atoms with Crippen LogP contribution in [-0.4, -0.2) is 36.7 Å². The van der Waals surface area contributed by atoms with Crippen LogP contribution in [0.2, 0.25) is 0 Å². The zero-order valence-electron chi connectivity index (χ0n) is 6.45. The van der Waals surface area contributed by atoms with Gasteiger partial charge in [0.15, 0.2) is 0 Å². The zero-order valence-corrected chi connectivity index (χ0v) is 6.45. The number of hydrazine groups is 1. The SMILES string of the molecule is CN1CC=CN1CCCN. The van der Waals surface area contributed by atoms with E-state index in [0.717, 1.165) is 26.1 Å². The second-order valence-electron chi connectivity index (χ2n) is 2.53. The van der Waals surface area contributed by atoms with E-state index in [4.69, 9.17) is 5.73 Å². The van der Waals surface area contributed by atoms with Crippen molar-refractivity contribution in [3.8, 4) is 0 Å². The highest BCUT2D eigenvalue weighted by molar-refractivity contribution is 4.89. The highest BCUT2D eigenvalue weighted by atomic mass is 15.6. The van der Waals surface area contributed by atoms with Gasteiger partial charge < -0.3 is 10.7 Å². The molecule has 0 spiro atoms. The van der Waals surface area contributed by atoms with Crippen molar-refractivity contribution < 1.29 is 0 Å². The molecule has 0 aliphatic carbocycles. The van der Waals surface area contributed by atoms with Crippen LogP contribution in [0.15, 0.2) is 12.3 Å². The Balaban J connectivity index is 2.20. The minimum absolute atomic E-state index is 0.776. The molecule has 0 fully saturated rings. The average Bonchev–Trinajstić information content (AvgIpc) is 2.31. The topological polar surface area (TPSA) is 32.5 Å². The molecule has 1 aliphatic heterocycles. The molecular weight excluding hydrogens is 126 g/mol. The molecule has 0 saturated carbocycles. The van der Waals surface area contributed by atoms with Crippen LogP contribution in [0, 0.1) is 0 Å². The standard InChI is InChI=1S/C7H15N3/c1-9-5-3-7-10(9)6-2-4-8/h3,7H,2,4-6,8H2,1H3. The third-order valence-electron chi connectivity index (χ3n) is 1.68. The van der Waals surface area contributed by atoms with Crippen LogP contribution in [0.1, 0.15) is 6.42 Å². The van der Waals surface area contributed by atoms with Gasteiger partial charge in [0.25, 0.3) is 0 Å². The van der Waals surface area contributed by atoms with E-state index in [2.05, 4.69) is 29.3 Å². The quantitative estimate of drug-likeness (QED) is 0.601. The van der Waals surface area contributed by atoms with Crippen LogP contribution in [0.3, 0.4) is 0 Å². The van der Waals surface area contributed by atoms with Gasteiger partial charge in [0.05, 0.1) is 0 Å². The average molecular weight is 141 g/mol. The molecule has 0 bridgehead atoms. The molecule has 0 atom stereocenters. The second kappa shape index (κ2) is 3.58. The Labute approximate surface area is 62.1 Å². The van der Waals surface area contributed by atoms with Crippen molar-refractivity contribution in [1.29, 1.82) is 0 Å². The lowest BCUT2D eigenvalue weighted by Gasteiger charge is -2.24. The van der Waals surface area contributed by atoms with Gasteiger partial charge in [-0.3, -0.25) is 0 Å². The molecule has 0 saturated heterocycles. The van der Waals surface area contributed by atoms with Crippen molar-refractivity contribution in [3.05, 3.63) is 12.3 Å². The molecule has 2 N–H and O–H groups in total. The maximum absolute atomic E-state index is 5.38. The third-order valence-corrected chi connectivity index (χ3v) is 1.68. The van der Waals surface area contributed by atoms with Crippen LogP contribution >= 0.6 is 0 Å². The van der Waals surface area contributed by atoms with Gasteiger partial charge in [0, 0.05) is 26.3 Å². The number of likely N-dealkylation sites (N-methyl/N-ethyl adjacent to an activating group) is 1. The van der Waals surface area contributed by atoms with Crippen molar-refractivity contribution in [2.24, 2.45) is 5.73 Å². The van der Waals surface area contributed by atoms with Gasteiger partial charge in [-0.15, -0.1) is 0 Å². The first-order chi connectivity index (χ1) is 4.84. The van der Waals surface area contributed by atoms with Gasteiger partial charge in [-0.2, -0.15) is 0 Å². The number of hydrogen-bond donors (Lipinski definition) is 1. The van der Waals surface area contributed by atoms with E-state index in [0.29, 0.717) is 0 Å². The first kappa shape index (κ1) is 7.57. The highest BCUT2D eigenvalue weighted by Crippen LogP contribution is 2.03. The molecule has 58 valence electrons. The summed E-state index contributed by atoms with van der Waals surface area (Å²) in [7, 11) is 2.08. The van der Waals surface area contributed by atoms with Gasteiger partial charge >= 0.3 is 0 Å². The molecule has 1 heterocycles. The predicted octanol–water partition coefficient (Wildman–Crippen LogP) is 0.0113. The van der Waals surface area contributed by atoms with E-state index in [1.165, 1.54) is 0 Å². The summed E-state index contributed by atoms with van der Waals surface area (Å²) in [6, 6.07) is 0. The molecule has 0 radical (unpaired) electrons. The van der Waals surface area contributed by atoms with Crippen LogP contribution in [0.25, 0.3) is 0 Å². The Morgan fingerprint density at radius 2 is 2.40 bits per heavy atom. The van der Waals surface area contributed by atoms with Crippen LogP contribution in [-0.2, 0) is 0 Å². The Morgan fingerprint density at radius 1 is 1.60 bits per heavy atom. The summed E-state index contributed by atoms with van der Waals surface area (Å²) in [4.78, 5) is 0. The normalized spacial score (nSPS) is 18.8. The van der Waals surface area contributed by atoms with Gasteiger partial charge in [0.2, 0.25) is 0 Å². The molecule has 0 amide bonds. The lowest BCUT2D eigenvalue weighted by Crippen LogP contribution is -2.32. The van der Waals surface area contributed by atoms with Gasteiger partial charge in [-0.25, -0.2) is 5.01 Å². The number of nitrogens with two attached hydrogens (primary N) is 1. The van der Waals surface area contributed by atoms with Crippen LogP contribution in [0.4, 0.5) is 0 Å². The number of hydrogen-bond acceptors (Lipinski definition) is 3. The van der Waals surface area contributed by atoms with E-state index >= 15 is 0 Å². The summed E-state index contributed by atoms with van der Waals surface area (Å²) in [6.45, 7) is 2.85. The van der Waals surface area contributed by atoms with Gasteiger partial charge in [-0.1, -0.05) is 6.08 Å². The van der Waals surface area contributed by atoms with E-state index < -0.39 is 0 Å². The molecule has 3 nitrogen and oxygen atoms in total. The van der Waals surface area contributed by atoms with Crippen molar-refractivity contribution >= 4 is 0 Å². The van der Waals surface area contributed by atoms with Gasteiger partial charge in [-0.05, 0) is 13.0 Å². The Kier molecular flexibility index (Phi) is 2.71. The summed E-state index contributed by atoms with van der Waals surface area (Å²) >= 11 is 0. The Bertz CT molecular complexity index is 122. The van der Waals surface area contributed by atoms with E-state index in [1.807, 2.05) is 0 Å². The van der Waals surface area contributed by atoms with Crippen molar-refractivity contribution in [2.45, 2.75) is 6.42 Å². The molecule has 1 aliphatic rings. The fourth-order valence-corrected chi connectivity index (χ4v) is 1.04. The first-order valence-electron chi connectivity index (χ1n) is 3.69. The monoisotopic (exact) mass is 141 g/mol. The first-order valence-corrected chi connectivity index (χ1v) is 3.69. The molecule has 1 rings (SSSR count).